The molecule has 1 aliphatic rings. The summed E-state index contributed by atoms with van der Waals surface area (Å²) in [6.07, 6.45) is 2.81. The van der Waals surface area contributed by atoms with Gasteiger partial charge < -0.3 is 19.9 Å². The van der Waals surface area contributed by atoms with Gasteiger partial charge >= 0.3 is 0 Å². The van der Waals surface area contributed by atoms with Crippen molar-refractivity contribution in [1.82, 2.24) is 0 Å². The van der Waals surface area contributed by atoms with E-state index in [1.807, 2.05) is 0 Å². The maximum absolute atomic E-state index is 9.10. The Morgan fingerprint density at radius 2 is 1.90 bits per heavy atom. The molecular weight excluding hydrogens is 254 g/mol. The average Bonchev–Trinajstić information content (AvgIpc) is 2.42. The number of fused-ring (bicyclic) bond motifs is 1. The lowest BCUT2D eigenvalue weighted by molar-refractivity contribution is -0.761. The molecule has 0 unspecified atom stereocenters. The van der Waals surface area contributed by atoms with Gasteiger partial charge in [-0.1, -0.05) is 0 Å². The van der Waals surface area contributed by atoms with Crippen LogP contribution in [0.15, 0.2) is 12.1 Å². The number of aliphatic hydroxyl groups is 1. The molecule has 112 valence electrons. The second-order valence-electron chi connectivity index (χ2n) is 6.21. The lowest BCUT2D eigenvalue weighted by atomic mass is 9.82. The molecule has 0 aromatic heterocycles. The molecule has 2 rings (SSSR count). The molecule has 4 heteroatoms. The normalized spacial score (nSPS) is 20.4. The van der Waals surface area contributed by atoms with Crippen molar-refractivity contribution in [2.75, 3.05) is 20.8 Å². The number of hydrogen-bond donors (Lipinski definition) is 2. The number of quaternary nitrogens is 1. The Hall–Kier alpha value is -1.26. The van der Waals surface area contributed by atoms with E-state index in [0.717, 1.165) is 30.8 Å². The van der Waals surface area contributed by atoms with Crippen molar-refractivity contribution in [3.8, 4) is 11.5 Å². The molecule has 0 saturated heterocycles. The van der Waals surface area contributed by atoms with Gasteiger partial charge in [-0.15, -0.1) is 0 Å². The number of nitrogens with two attached hydrogens (primary N) is 1. The van der Waals surface area contributed by atoms with E-state index in [9.17, 15) is 0 Å². The van der Waals surface area contributed by atoms with Gasteiger partial charge in [0, 0.05) is 25.0 Å². The third kappa shape index (κ3) is 3.07. The van der Waals surface area contributed by atoms with Gasteiger partial charge in [0.25, 0.3) is 0 Å². The monoisotopic (exact) mass is 280 g/mol. The highest BCUT2D eigenvalue weighted by molar-refractivity contribution is 5.49. The lowest BCUT2D eigenvalue weighted by Gasteiger charge is -2.35. The molecule has 1 aromatic carbocycles. The molecule has 0 amide bonds. The zero-order chi connectivity index (χ0) is 14.8. The molecule has 0 bridgehead atoms. The molecule has 4 nitrogen and oxygen atoms in total. The third-order valence-electron chi connectivity index (χ3n) is 4.02. The van der Waals surface area contributed by atoms with Gasteiger partial charge in [0.2, 0.25) is 0 Å². The van der Waals surface area contributed by atoms with Crippen LogP contribution in [0.2, 0.25) is 0 Å². The minimum Gasteiger partial charge on any atom is -0.493 e. The van der Waals surface area contributed by atoms with Gasteiger partial charge in [0.1, 0.15) is 6.04 Å². The molecule has 0 radical (unpaired) electrons. The van der Waals surface area contributed by atoms with Crippen molar-refractivity contribution in [3.05, 3.63) is 23.3 Å². The van der Waals surface area contributed by atoms with Crippen LogP contribution in [0.4, 0.5) is 0 Å². The number of ether oxygens (including phenoxy) is 2. The molecule has 3 N–H and O–H groups in total. The van der Waals surface area contributed by atoms with Crippen LogP contribution in [0.25, 0.3) is 0 Å². The van der Waals surface area contributed by atoms with Crippen LogP contribution in [0, 0.1) is 0 Å². The Labute approximate surface area is 121 Å². The van der Waals surface area contributed by atoms with E-state index in [1.54, 1.807) is 14.2 Å². The Morgan fingerprint density at radius 1 is 1.25 bits per heavy atom. The number of hydrogen-bond acceptors (Lipinski definition) is 3. The van der Waals surface area contributed by atoms with Crippen LogP contribution in [-0.4, -0.2) is 31.5 Å². The van der Waals surface area contributed by atoms with E-state index in [0.29, 0.717) is 6.04 Å². The minimum atomic E-state index is 0.173. The molecule has 1 heterocycles. The average molecular weight is 280 g/mol. The van der Waals surface area contributed by atoms with E-state index in [4.69, 9.17) is 14.6 Å². The van der Waals surface area contributed by atoms with Crippen LogP contribution in [0.1, 0.15) is 43.9 Å². The highest BCUT2D eigenvalue weighted by Crippen LogP contribution is 2.36. The van der Waals surface area contributed by atoms with Crippen LogP contribution >= 0.6 is 0 Å². The first-order valence-electron chi connectivity index (χ1n) is 7.22. The number of benzene rings is 1. The molecular formula is C16H26NO3+. The van der Waals surface area contributed by atoms with Crippen molar-refractivity contribution in [1.29, 1.82) is 0 Å². The van der Waals surface area contributed by atoms with Crippen molar-refractivity contribution >= 4 is 0 Å². The predicted molar refractivity (Wildman–Crippen MR) is 78.3 cm³/mol. The van der Waals surface area contributed by atoms with Crippen LogP contribution in [0.5, 0.6) is 11.5 Å². The Kier molecular flexibility index (Phi) is 4.55. The highest BCUT2D eigenvalue weighted by Gasteiger charge is 2.35. The summed E-state index contributed by atoms with van der Waals surface area (Å²) < 4.78 is 10.8. The van der Waals surface area contributed by atoms with Gasteiger partial charge in [0.05, 0.1) is 19.8 Å². The Bertz CT molecular complexity index is 471. The number of aliphatic hydroxyl groups excluding tert-OH is 1. The fraction of sp³-hybridized carbons (Fsp3) is 0.625. The standard InChI is InChI=1S/C16H25NO3/c1-16(2)10-11-8-14(19-3)15(20-4)9-12(11)13(17-16)6-5-7-18/h8-9,13,17-18H,5-7,10H2,1-4H3/p+1/t13-/m1/s1. The predicted octanol–water partition coefficient (Wildman–Crippen LogP) is 1.42. The first-order chi connectivity index (χ1) is 9.50. The van der Waals surface area contributed by atoms with Crippen molar-refractivity contribution < 1.29 is 19.9 Å². The molecule has 1 aromatic rings. The quantitative estimate of drug-likeness (QED) is 0.857. The first-order valence-corrected chi connectivity index (χ1v) is 7.22. The molecule has 1 atom stereocenters. The maximum Gasteiger partial charge on any atom is 0.161 e. The molecule has 20 heavy (non-hydrogen) atoms. The van der Waals surface area contributed by atoms with E-state index in [1.165, 1.54) is 11.1 Å². The Balaban J connectivity index is 2.41. The van der Waals surface area contributed by atoms with Crippen molar-refractivity contribution in [2.24, 2.45) is 0 Å². The maximum atomic E-state index is 9.10. The van der Waals surface area contributed by atoms with E-state index in [-0.39, 0.29) is 12.1 Å². The molecule has 0 spiro atoms. The lowest BCUT2D eigenvalue weighted by Crippen LogP contribution is -2.97. The van der Waals surface area contributed by atoms with E-state index >= 15 is 0 Å². The molecule has 0 saturated carbocycles. The zero-order valence-electron chi connectivity index (χ0n) is 12.9. The molecule has 0 fully saturated rings. The SMILES string of the molecule is COc1cc2c(cc1OC)[C@@H](CCCO)[NH2+]C(C)(C)C2. The summed E-state index contributed by atoms with van der Waals surface area (Å²) in [5.74, 6) is 1.58. The van der Waals surface area contributed by atoms with Crippen LogP contribution in [0.3, 0.4) is 0 Å². The highest BCUT2D eigenvalue weighted by atomic mass is 16.5. The van der Waals surface area contributed by atoms with Gasteiger partial charge in [-0.3, -0.25) is 0 Å². The summed E-state index contributed by atoms with van der Waals surface area (Å²) in [5, 5.41) is 11.5. The second kappa shape index (κ2) is 6.02. The van der Waals surface area contributed by atoms with E-state index < -0.39 is 0 Å². The topological polar surface area (TPSA) is 55.3 Å². The summed E-state index contributed by atoms with van der Waals surface area (Å²) in [6.45, 7) is 4.77. The smallest absolute Gasteiger partial charge is 0.161 e. The number of rotatable bonds is 5. The summed E-state index contributed by atoms with van der Waals surface area (Å²) in [7, 11) is 3.34. The van der Waals surface area contributed by atoms with Crippen LogP contribution < -0.4 is 14.8 Å². The first kappa shape index (κ1) is 15.1. The summed E-state index contributed by atoms with van der Waals surface area (Å²) in [4.78, 5) is 0. The van der Waals surface area contributed by atoms with Crippen LogP contribution in [-0.2, 0) is 6.42 Å². The molecule has 0 aliphatic carbocycles. The fourth-order valence-electron chi connectivity index (χ4n) is 3.17. The summed E-state index contributed by atoms with van der Waals surface area (Å²) >= 11 is 0. The van der Waals surface area contributed by atoms with Gasteiger partial charge in [-0.05, 0) is 38.0 Å². The number of methoxy groups -OCH3 is 2. The van der Waals surface area contributed by atoms with E-state index in [2.05, 4.69) is 31.3 Å². The summed E-state index contributed by atoms with van der Waals surface area (Å²) in [5.41, 5.74) is 2.82. The van der Waals surface area contributed by atoms with Gasteiger partial charge in [-0.2, -0.15) is 0 Å². The second-order valence-corrected chi connectivity index (χ2v) is 6.21. The fourth-order valence-corrected chi connectivity index (χ4v) is 3.17. The van der Waals surface area contributed by atoms with Gasteiger partial charge in [-0.25, -0.2) is 0 Å². The van der Waals surface area contributed by atoms with Gasteiger partial charge in [0.15, 0.2) is 11.5 Å². The van der Waals surface area contributed by atoms with Crippen molar-refractivity contribution in [2.45, 2.75) is 44.7 Å². The third-order valence-corrected chi connectivity index (χ3v) is 4.02. The largest absolute Gasteiger partial charge is 0.493 e. The zero-order valence-corrected chi connectivity index (χ0v) is 12.9. The minimum absolute atomic E-state index is 0.173. The van der Waals surface area contributed by atoms with Crippen molar-refractivity contribution in [3.63, 3.8) is 0 Å². The summed E-state index contributed by atoms with van der Waals surface area (Å²) in [6, 6.07) is 4.58. The molecule has 1 aliphatic heterocycles. The Morgan fingerprint density at radius 3 is 2.50 bits per heavy atom.